The molecule has 2 aromatic heterocycles. The van der Waals surface area contributed by atoms with Crippen molar-refractivity contribution in [2.24, 2.45) is 4.99 Å². The van der Waals surface area contributed by atoms with Gasteiger partial charge in [0.1, 0.15) is 0 Å². The number of hydrogen-bond donors (Lipinski definition) is 1. The highest BCUT2D eigenvalue weighted by atomic mass is 79.9. The van der Waals surface area contributed by atoms with Gasteiger partial charge in [-0.05, 0) is 65.7 Å². The smallest absolute Gasteiger partial charge is 0.271 e. The van der Waals surface area contributed by atoms with Crippen LogP contribution in [0.5, 0.6) is 0 Å². The van der Waals surface area contributed by atoms with Gasteiger partial charge in [0.25, 0.3) is 11.5 Å². The number of nitrogens with zero attached hydrogens (tertiary/aromatic N) is 2. The highest BCUT2D eigenvalue weighted by molar-refractivity contribution is 9.11. The molecule has 0 spiro atoms. The van der Waals surface area contributed by atoms with E-state index in [1.54, 1.807) is 15.9 Å². The summed E-state index contributed by atoms with van der Waals surface area (Å²) in [6, 6.07) is 20.6. The average Bonchev–Trinajstić information content (AvgIpc) is 3.36. The van der Waals surface area contributed by atoms with Gasteiger partial charge < -0.3 is 5.32 Å². The van der Waals surface area contributed by atoms with E-state index in [4.69, 9.17) is 0 Å². The number of benzene rings is 2. The van der Waals surface area contributed by atoms with Crippen molar-refractivity contribution in [2.45, 2.75) is 19.9 Å². The lowest BCUT2D eigenvalue weighted by molar-refractivity contribution is -0.113. The molecule has 0 aliphatic carbocycles. The van der Waals surface area contributed by atoms with E-state index in [0.717, 1.165) is 19.8 Å². The summed E-state index contributed by atoms with van der Waals surface area (Å²) in [4.78, 5) is 33.4. The van der Waals surface area contributed by atoms with Gasteiger partial charge in [0.2, 0.25) is 0 Å². The molecule has 1 atom stereocenters. The van der Waals surface area contributed by atoms with Crippen molar-refractivity contribution in [3.8, 4) is 0 Å². The molecule has 1 amide bonds. The summed E-state index contributed by atoms with van der Waals surface area (Å²) in [6.07, 6.45) is 1.88. The van der Waals surface area contributed by atoms with Crippen LogP contribution in [0.2, 0.25) is 0 Å². The van der Waals surface area contributed by atoms with Crippen LogP contribution in [-0.4, -0.2) is 10.5 Å². The van der Waals surface area contributed by atoms with E-state index in [0.29, 0.717) is 26.3 Å². The van der Waals surface area contributed by atoms with Crippen LogP contribution in [0.25, 0.3) is 6.08 Å². The minimum atomic E-state index is -0.571. The van der Waals surface area contributed by atoms with Crippen molar-refractivity contribution in [3.05, 3.63) is 117 Å². The molecule has 0 fully saturated rings. The summed E-state index contributed by atoms with van der Waals surface area (Å²) in [7, 11) is 0. The molecule has 2 aromatic carbocycles. The summed E-state index contributed by atoms with van der Waals surface area (Å²) in [5.41, 5.74) is 3.57. The number of hydrogen-bond acceptors (Lipinski definition) is 5. The third-order valence-electron chi connectivity index (χ3n) is 5.56. The van der Waals surface area contributed by atoms with Crippen LogP contribution in [0, 0.1) is 6.92 Å². The van der Waals surface area contributed by atoms with Gasteiger partial charge in [0.15, 0.2) is 4.80 Å². The molecule has 4 aromatic rings. The van der Waals surface area contributed by atoms with Crippen molar-refractivity contribution >= 4 is 56.3 Å². The number of carbonyl (C=O) groups is 1. The molecule has 170 valence electrons. The van der Waals surface area contributed by atoms with Gasteiger partial charge in [-0.3, -0.25) is 14.2 Å². The molecule has 1 N–H and O–H groups in total. The number of nitrogens with one attached hydrogen (secondary N) is 1. The van der Waals surface area contributed by atoms with Crippen molar-refractivity contribution in [1.82, 2.24) is 4.57 Å². The van der Waals surface area contributed by atoms with E-state index in [9.17, 15) is 9.59 Å². The monoisotopic (exact) mass is 549 g/mol. The maximum absolute atomic E-state index is 13.6. The Hall–Kier alpha value is -3.07. The number of aromatic nitrogens is 1. The van der Waals surface area contributed by atoms with Gasteiger partial charge in [-0.2, -0.15) is 0 Å². The number of anilines is 1. The molecular weight excluding hydrogens is 530 g/mol. The van der Waals surface area contributed by atoms with Gasteiger partial charge >= 0.3 is 0 Å². The number of aryl methyl sites for hydroxylation is 1. The maximum Gasteiger partial charge on any atom is 0.271 e. The highest BCUT2D eigenvalue weighted by Crippen LogP contribution is 2.31. The second-order valence-corrected chi connectivity index (χ2v) is 11.5. The molecule has 1 aliphatic rings. The minimum absolute atomic E-state index is 0.156. The number of thiazole rings is 1. The largest absolute Gasteiger partial charge is 0.322 e. The van der Waals surface area contributed by atoms with Crippen molar-refractivity contribution in [3.63, 3.8) is 0 Å². The molecule has 8 heteroatoms. The van der Waals surface area contributed by atoms with E-state index in [-0.39, 0.29) is 11.5 Å². The average molecular weight is 551 g/mol. The fourth-order valence-electron chi connectivity index (χ4n) is 3.93. The second kappa shape index (κ2) is 9.29. The number of halogens is 1. The maximum atomic E-state index is 13.6. The number of amides is 1. The number of rotatable bonds is 4. The van der Waals surface area contributed by atoms with Crippen LogP contribution in [0.1, 0.15) is 29.0 Å². The van der Waals surface area contributed by atoms with E-state index >= 15 is 0 Å². The second-order valence-electron chi connectivity index (χ2n) is 7.95. The van der Waals surface area contributed by atoms with Crippen LogP contribution in [0.15, 0.2) is 91.6 Å². The first-order chi connectivity index (χ1) is 16.4. The van der Waals surface area contributed by atoms with Crippen molar-refractivity contribution in [2.75, 3.05) is 5.32 Å². The van der Waals surface area contributed by atoms with E-state index < -0.39 is 6.04 Å². The Morgan fingerprint density at radius 2 is 1.76 bits per heavy atom. The standard InChI is InChI=1S/C26H20BrN3O2S2/c1-15-8-10-17(11-9-15)23-22(24(31)29-18-6-4-3-5-7-18)16(2)28-26-30(23)25(32)20(34-26)14-19-12-13-21(27)33-19/h3-14,23H,1-2H3,(H,29,31)/b20-14+/t23-/m1/s1. The van der Waals surface area contributed by atoms with Gasteiger partial charge in [0.05, 0.1) is 25.6 Å². The molecule has 0 saturated carbocycles. The Balaban J connectivity index is 1.68. The number of carbonyl (C=O) groups excluding carboxylic acids is 1. The number of fused-ring (bicyclic) bond motifs is 1. The molecule has 0 bridgehead atoms. The topological polar surface area (TPSA) is 63.5 Å². The predicted octanol–water partition coefficient (Wildman–Crippen LogP) is 5.01. The van der Waals surface area contributed by atoms with Crippen molar-refractivity contribution in [1.29, 1.82) is 0 Å². The minimum Gasteiger partial charge on any atom is -0.322 e. The first-order valence-electron chi connectivity index (χ1n) is 10.6. The summed E-state index contributed by atoms with van der Waals surface area (Å²) < 4.78 is 3.24. The molecule has 0 saturated heterocycles. The summed E-state index contributed by atoms with van der Waals surface area (Å²) in [5, 5.41) is 2.97. The van der Waals surface area contributed by atoms with Crippen LogP contribution < -0.4 is 20.2 Å². The zero-order valence-corrected chi connectivity index (χ0v) is 21.6. The SMILES string of the molecule is CC1=C(C(=O)Nc2ccccc2)[C@@H](c2ccc(C)cc2)n2c(s/c(=C/c3ccc(Br)s3)c2=O)=N1. The summed E-state index contributed by atoms with van der Waals surface area (Å²) >= 11 is 6.38. The number of thiophene rings is 1. The molecular formula is C26H20BrN3O2S2. The van der Waals surface area contributed by atoms with Crippen LogP contribution >= 0.6 is 38.6 Å². The summed E-state index contributed by atoms with van der Waals surface area (Å²) in [5.74, 6) is -0.269. The lowest BCUT2D eigenvalue weighted by atomic mass is 9.94. The molecule has 3 heterocycles. The van der Waals surface area contributed by atoms with E-state index in [2.05, 4.69) is 26.2 Å². The van der Waals surface area contributed by atoms with E-state index in [1.807, 2.05) is 86.7 Å². The zero-order chi connectivity index (χ0) is 23.8. The van der Waals surface area contributed by atoms with Gasteiger partial charge in [-0.1, -0.05) is 59.4 Å². The molecule has 34 heavy (non-hydrogen) atoms. The zero-order valence-electron chi connectivity index (χ0n) is 18.4. The fourth-order valence-corrected chi connectivity index (χ4v) is 6.41. The Morgan fingerprint density at radius 3 is 2.44 bits per heavy atom. The van der Waals surface area contributed by atoms with Gasteiger partial charge in [-0.25, -0.2) is 4.99 Å². The predicted molar refractivity (Wildman–Crippen MR) is 142 cm³/mol. The first kappa shape index (κ1) is 22.7. The molecule has 0 radical (unpaired) electrons. The molecule has 5 nitrogen and oxygen atoms in total. The van der Waals surface area contributed by atoms with Crippen LogP contribution in [0.3, 0.4) is 0 Å². The fraction of sp³-hybridized carbons (Fsp3) is 0.115. The quantitative estimate of drug-likeness (QED) is 0.389. The van der Waals surface area contributed by atoms with Crippen LogP contribution in [-0.2, 0) is 4.79 Å². The van der Waals surface area contributed by atoms with Crippen LogP contribution in [0.4, 0.5) is 5.69 Å². The Bertz CT molecular complexity index is 1600. The number of allylic oxidation sites excluding steroid dienone is 1. The Kier molecular flexibility index (Phi) is 6.20. The van der Waals surface area contributed by atoms with Gasteiger partial charge in [0, 0.05) is 10.6 Å². The molecule has 5 rings (SSSR count). The highest BCUT2D eigenvalue weighted by Gasteiger charge is 2.32. The van der Waals surface area contributed by atoms with Crippen molar-refractivity contribution < 1.29 is 4.79 Å². The third kappa shape index (κ3) is 4.36. The number of para-hydroxylation sites is 1. The Labute approximate surface area is 212 Å². The first-order valence-corrected chi connectivity index (χ1v) is 13.0. The Morgan fingerprint density at radius 1 is 1.03 bits per heavy atom. The molecule has 1 aliphatic heterocycles. The lowest BCUT2D eigenvalue weighted by Crippen LogP contribution is -2.40. The third-order valence-corrected chi connectivity index (χ3v) is 8.11. The van der Waals surface area contributed by atoms with E-state index in [1.165, 1.54) is 11.3 Å². The molecule has 0 unspecified atom stereocenters. The summed E-state index contributed by atoms with van der Waals surface area (Å²) in [6.45, 7) is 3.84. The van der Waals surface area contributed by atoms with Gasteiger partial charge in [-0.15, -0.1) is 11.3 Å². The normalized spacial score (nSPS) is 15.7. The lowest BCUT2D eigenvalue weighted by Gasteiger charge is -2.25.